The van der Waals surface area contributed by atoms with Crippen LogP contribution in [0.1, 0.15) is 31.4 Å². The Kier molecular flexibility index (Phi) is 3.97. The summed E-state index contributed by atoms with van der Waals surface area (Å²) in [6.45, 7) is 6.14. The van der Waals surface area contributed by atoms with Gasteiger partial charge in [0.25, 0.3) is 0 Å². The molecule has 2 nitrogen and oxygen atoms in total. The average Bonchev–Trinajstić information content (AvgIpc) is 2.60. The Labute approximate surface area is 113 Å². The summed E-state index contributed by atoms with van der Waals surface area (Å²) in [5.74, 6) is 0.478. The molecule has 1 aliphatic heterocycles. The fourth-order valence-corrected chi connectivity index (χ4v) is 2.78. The Hall–Kier alpha value is -1.00. The number of benzene rings is 1. The topological polar surface area (TPSA) is 29.3 Å². The van der Waals surface area contributed by atoms with E-state index in [0.29, 0.717) is 24.1 Å². The maximum Gasteiger partial charge on any atom is 0.128 e. The quantitative estimate of drug-likeness (QED) is 0.853. The van der Waals surface area contributed by atoms with E-state index in [2.05, 4.69) is 18.7 Å². The van der Waals surface area contributed by atoms with Gasteiger partial charge in [-0.15, -0.1) is 0 Å². The van der Waals surface area contributed by atoms with Crippen molar-refractivity contribution in [1.82, 2.24) is 4.90 Å². The van der Waals surface area contributed by atoms with E-state index in [4.69, 9.17) is 18.0 Å². The van der Waals surface area contributed by atoms with E-state index >= 15 is 0 Å². The molecule has 98 valence electrons. The van der Waals surface area contributed by atoms with Crippen LogP contribution < -0.4 is 5.73 Å². The summed E-state index contributed by atoms with van der Waals surface area (Å²) >= 11 is 4.84. The fraction of sp³-hybridized carbons (Fsp3) is 0.500. The van der Waals surface area contributed by atoms with Crippen LogP contribution in [0.15, 0.2) is 18.2 Å². The second-order valence-electron chi connectivity index (χ2n) is 5.29. The summed E-state index contributed by atoms with van der Waals surface area (Å²) < 4.78 is 13.9. The van der Waals surface area contributed by atoms with E-state index in [1.807, 2.05) is 0 Å². The molecule has 1 aromatic carbocycles. The van der Waals surface area contributed by atoms with Crippen LogP contribution in [0, 0.1) is 11.7 Å². The summed E-state index contributed by atoms with van der Waals surface area (Å²) in [5.41, 5.74) is 6.80. The SMILES string of the molecule is CC1CC(C)N(Cc2ccc(C(N)=S)cc2F)C1. The standard InChI is InChI=1S/C14H19FN2S/c1-9-5-10(2)17(7-9)8-12-4-3-11(14(16)18)6-13(12)15/h3-4,6,9-10H,5,7-8H2,1-2H3,(H2,16,18). The molecule has 0 amide bonds. The molecule has 2 N–H and O–H groups in total. The Balaban J connectivity index is 2.12. The molecule has 2 unspecified atom stereocenters. The molecule has 0 aromatic heterocycles. The Bertz CT molecular complexity index is 461. The molecule has 0 spiro atoms. The molecule has 4 heteroatoms. The molecule has 1 fully saturated rings. The summed E-state index contributed by atoms with van der Waals surface area (Å²) in [6.07, 6.45) is 1.19. The molecule has 1 aromatic rings. The maximum atomic E-state index is 13.9. The van der Waals surface area contributed by atoms with E-state index in [1.165, 1.54) is 12.5 Å². The molecule has 0 saturated carbocycles. The zero-order valence-corrected chi connectivity index (χ0v) is 11.6. The van der Waals surface area contributed by atoms with Crippen molar-refractivity contribution in [3.63, 3.8) is 0 Å². The van der Waals surface area contributed by atoms with Crippen molar-refractivity contribution in [3.05, 3.63) is 35.1 Å². The number of rotatable bonds is 3. The van der Waals surface area contributed by atoms with Gasteiger partial charge in [0.05, 0.1) is 0 Å². The Morgan fingerprint density at radius 1 is 1.50 bits per heavy atom. The molecule has 1 saturated heterocycles. The van der Waals surface area contributed by atoms with Crippen LogP contribution in [0.5, 0.6) is 0 Å². The van der Waals surface area contributed by atoms with Gasteiger partial charge < -0.3 is 5.73 Å². The van der Waals surface area contributed by atoms with Crippen molar-refractivity contribution in [2.45, 2.75) is 32.9 Å². The van der Waals surface area contributed by atoms with Crippen molar-refractivity contribution in [2.24, 2.45) is 11.7 Å². The monoisotopic (exact) mass is 266 g/mol. The van der Waals surface area contributed by atoms with Gasteiger partial charge in [-0.3, -0.25) is 4.90 Å². The molecule has 0 bridgehead atoms. The lowest BCUT2D eigenvalue weighted by molar-refractivity contribution is 0.253. The van der Waals surface area contributed by atoms with Gasteiger partial charge >= 0.3 is 0 Å². The number of nitrogens with two attached hydrogens (primary N) is 1. The van der Waals surface area contributed by atoms with Crippen LogP contribution >= 0.6 is 12.2 Å². The molecule has 1 heterocycles. The van der Waals surface area contributed by atoms with Gasteiger partial charge in [-0.25, -0.2) is 4.39 Å². The second-order valence-corrected chi connectivity index (χ2v) is 5.73. The highest BCUT2D eigenvalue weighted by Gasteiger charge is 2.26. The highest BCUT2D eigenvalue weighted by Crippen LogP contribution is 2.25. The van der Waals surface area contributed by atoms with Gasteiger partial charge in [-0.05, 0) is 25.3 Å². The molecule has 0 radical (unpaired) electrons. The lowest BCUT2D eigenvalue weighted by Gasteiger charge is -2.21. The maximum absolute atomic E-state index is 13.9. The van der Waals surface area contributed by atoms with Crippen molar-refractivity contribution in [1.29, 1.82) is 0 Å². The lowest BCUT2D eigenvalue weighted by Crippen LogP contribution is -2.27. The zero-order valence-electron chi connectivity index (χ0n) is 10.8. The van der Waals surface area contributed by atoms with Gasteiger partial charge in [0.1, 0.15) is 10.8 Å². The summed E-state index contributed by atoms with van der Waals surface area (Å²) in [6, 6.07) is 5.54. The first-order valence-electron chi connectivity index (χ1n) is 6.29. The van der Waals surface area contributed by atoms with E-state index in [1.54, 1.807) is 12.1 Å². The minimum Gasteiger partial charge on any atom is -0.389 e. The Morgan fingerprint density at radius 2 is 2.22 bits per heavy atom. The van der Waals surface area contributed by atoms with Crippen molar-refractivity contribution in [2.75, 3.05) is 6.54 Å². The molecule has 0 aliphatic carbocycles. The van der Waals surface area contributed by atoms with Crippen molar-refractivity contribution < 1.29 is 4.39 Å². The summed E-state index contributed by atoms with van der Waals surface area (Å²) in [5, 5.41) is 0. The summed E-state index contributed by atoms with van der Waals surface area (Å²) in [7, 11) is 0. The van der Waals surface area contributed by atoms with Crippen LogP contribution in [0.2, 0.25) is 0 Å². The Morgan fingerprint density at radius 3 is 2.72 bits per heavy atom. The van der Waals surface area contributed by atoms with Gasteiger partial charge in [0.15, 0.2) is 0 Å². The molecular formula is C14H19FN2S. The number of thiocarbonyl (C=S) groups is 1. The van der Waals surface area contributed by atoms with Gasteiger partial charge in [0, 0.05) is 30.3 Å². The predicted molar refractivity (Wildman–Crippen MR) is 75.9 cm³/mol. The number of likely N-dealkylation sites (tertiary alicyclic amines) is 1. The first-order chi connectivity index (χ1) is 8.47. The van der Waals surface area contributed by atoms with E-state index in [0.717, 1.165) is 12.1 Å². The predicted octanol–water partition coefficient (Wildman–Crippen LogP) is 2.69. The van der Waals surface area contributed by atoms with Crippen LogP contribution in [-0.4, -0.2) is 22.5 Å². The number of halogens is 1. The van der Waals surface area contributed by atoms with Crippen LogP contribution in [-0.2, 0) is 6.54 Å². The first-order valence-corrected chi connectivity index (χ1v) is 6.70. The molecule has 1 aliphatic rings. The number of hydrogen-bond donors (Lipinski definition) is 1. The highest BCUT2D eigenvalue weighted by molar-refractivity contribution is 7.80. The highest BCUT2D eigenvalue weighted by atomic mass is 32.1. The lowest BCUT2D eigenvalue weighted by atomic mass is 10.1. The second kappa shape index (κ2) is 5.33. The molecule has 2 rings (SSSR count). The fourth-order valence-electron chi connectivity index (χ4n) is 2.65. The smallest absolute Gasteiger partial charge is 0.128 e. The largest absolute Gasteiger partial charge is 0.389 e. The summed E-state index contributed by atoms with van der Waals surface area (Å²) in [4.78, 5) is 2.56. The third-order valence-corrected chi connectivity index (χ3v) is 3.86. The van der Waals surface area contributed by atoms with Gasteiger partial charge in [-0.1, -0.05) is 31.3 Å². The normalized spacial score (nSPS) is 24.4. The number of hydrogen-bond acceptors (Lipinski definition) is 2. The molecular weight excluding hydrogens is 247 g/mol. The van der Waals surface area contributed by atoms with E-state index in [-0.39, 0.29) is 10.8 Å². The van der Waals surface area contributed by atoms with E-state index < -0.39 is 0 Å². The molecule has 18 heavy (non-hydrogen) atoms. The first kappa shape index (κ1) is 13.4. The van der Waals surface area contributed by atoms with Crippen LogP contribution in [0.25, 0.3) is 0 Å². The van der Waals surface area contributed by atoms with E-state index in [9.17, 15) is 4.39 Å². The number of nitrogens with zero attached hydrogens (tertiary/aromatic N) is 1. The van der Waals surface area contributed by atoms with Gasteiger partial charge in [-0.2, -0.15) is 0 Å². The van der Waals surface area contributed by atoms with Crippen molar-refractivity contribution >= 4 is 17.2 Å². The minimum atomic E-state index is -0.216. The van der Waals surface area contributed by atoms with Crippen LogP contribution in [0.4, 0.5) is 4.39 Å². The molecule has 2 atom stereocenters. The third kappa shape index (κ3) is 2.87. The average molecular weight is 266 g/mol. The van der Waals surface area contributed by atoms with Crippen LogP contribution in [0.3, 0.4) is 0 Å². The third-order valence-electron chi connectivity index (χ3n) is 3.62. The minimum absolute atomic E-state index is 0.216. The van der Waals surface area contributed by atoms with Gasteiger partial charge in [0.2, 0.25) is 0 Å². The zero-order chi connectivity index (χ0) is 13.3. The van der Waals surface area contributed by atoms with Crippen molar-refractivity contribution in [3.8, 4) is 0 Å².